The second-order valence-corrected chi connectivity index (χ2v) is 2.79. The summed E-state index contributed by atoms with van der Waals surface area (Å²) in [6.45, 7) is 4.39. The van der Waals surface area contributed by atoms with E-state index in [9.17, 15) is 4.79 Å². The van der Waals surface area contributed by atoms with E-state index in [4.69, 9.17) is 0 Å². The lowest BCUT2D eigenvalue weighted by Crippen LogP contribution is -2.27. The molecule has 0 aliphatic heterocycles. The van der Waals surface area contributed by atoms with Crippen LogP contribution in [-0.4, -0.2) is 24.6 Å². The second-order valence-electron chi connectivity index (χ2n) is 2.79. The van der Waals surface area contributed by atoms with Gasteiger partial charge in [0.2, 0.25) is 0 Å². The van der Waals surface area contributed by atoms with Crippen LogP contribution in [0.2, 0.25) is 0 Å². The van der Waals surface area contributed by atoms with Crippen LogP contribution in [-0.2, 0) is 6.54 Å². The van der Waals surface area contributed by atoms with Crippen molar-refractivity contribution in [1.82, 2.24) is 24.6 Å². The molecule has 2 aromatic rings. The highest BCUT2D eigenvalue weighted by Crippen LogP contribution is 2.00. The fourth-order valence-electron chi connectivity index (χ4n) is 1.26. The Hall–Kier alpha value is -1.72. The summed E-state index contributed by atoms with van der Waals surface area (Å²) in [5, 5.41) is 10.8. The minimum absolute atomic E-state index is 0.201. The van der Waals surface area contributed by atoms with Crippen molar-refractivity contribution in [1.29, 1.82) is 0 Å². The van der Waals surface area contributed by atoms with Crippen LogP contribution >= 0.6 is 0 Å². The average Bonchev–Trinajstić information content (AvgIpc) is 2.60. The molecule has 0 N–H and O–H groups in total. The van der Waals surface area contributed by atoms with Gasteiger partial charge in [-0.25, -0.2) is 4.79 Å². The monoisotopic (exact) mass is 179 g/mol. The van der Waals surface area contributed by atoms with Gasteiger partial charge < -0.3 is 0 Å². The Morgan fingerprint density at radius 3 is 3.00 bits per heavy atom. The first-order valence-electron chi connectivity index (χ1n) is 4.02. The lowest BCUT2D eigenvalue weighted by Gasteiger charge is -2.02. The summed E-state index contributed by atoms with van der Waals surface area (Å²) in [7, 11) is 0. The quantitative estimate of drug-likeness (QED) is 0.598. The van der Waals surface area contributed by atoms with E-state index in [-0.39, 0.29) is 5.69 Å². The molecule has 0 saturated carbocycles. The molecule has 0 radical (unpaired) electrons. The highest BCUT2D eigenvalue weighted by molar-refractivity contribution is 5.42. The molecule has 68 valence electrons. The summed E-state index contributed by atoms with van der Waals surface area (Å²) in [5.41, 5.74) is 1.22. The van der Waals surface area contributed by atoms with Crippen molar-refractivity contribution in [2.45, 2.75) is 20.4 Å². The maximum atomic E-state index is 11.6. The lowest BCUT2D eigenvalue weighted by atomic mass is 10.4. The number of fused-ring (bicyclic) bond motifs is 1. The molecule has 0 bridgehead atoms. The zero-order chi connectivity index (χ0) is 9.42. The Bertz CT molecular complexity index is 497. The normalized spacial score (nSPS) is 10.9. The van der Waals surface area contributed by atoms with Crippen molar-refractivity contribution < 1.29 is 0 Å². The van der Waals surface area contributed by atoms with Crippen LogP contribution in [0.15, 0.2) is 11.0 Å². The van der Waals surface area contributed by atoms with Gasteiger partial charge in [0.25, 0.3) is 0 Å². The van der Waals surface area contributed by atoms with Gasteiger partial charge in [0, 0.05) is 18.3 Å². The van der Waals surface area contributed by atoms with Crippen LogP contribution in [0.3, 0.4) is 0 Å². The molecular weight excluding hydrogens is 170 g/mol. The van der Waals surface area contributed by atoms with Gasteiger partial charge in [-0.15, -0.1) is 9.61 Å². The molecule has 13 heavy (non-hydrogen) atoms. The van der Waals surface area contributed by atoms with Gasteiger partial charge in [-0.3, -0.25) is 4.57 Å². The van der Waals surface area contributed by atoms with Crippen LogP contribution in [0, 0.1) is 6.92 Å². The smallest absolute Gasteiger partial charge is 0.299 e. The molecular formula is C7H9N5O. The topological polar surface area (TPSA) is 65.1 Å². The first-order valence-corrected chi connectivity index (χ1v) is 4.02. The van der Waals surface area contributed by atoms with Crippen molar-refractivity contribution in [2.75, 3.05) is 0 Å². The maximum Gasteiger partial charge on any atom is 0.352 e. The summed E-state index contributed by atoms with van der Waals surface area (Å²) >= 11 is 0. The van der Waals surface area contributed by atoms with E-state index in [1.807, 2.05) is 13.8 Å². The third-order valence-electron chi connectivity index (χ3n) is 1.94. The number of tetrazole rings is 1. The summed E-state index contributed by atoms with van der Waals surface area (Å²) in [6, 6.07) is 0. The van der Waals surface area contributed by atoms with E-state index >= 15 is 0 Å². The van der Waals surface area contributed by atoms with Crippen molar-refractivity contribution in [2.24, 2.45) is 0 Å². The van der Waals surface area contributed by atoms with E-state index in [2.05, 4.69) is 15.5 Å². The molecule has 0 saturated heterocycles. The van der Waals surface area contributed by atoms with Gasteiger partial charge in [0.1, 0.15) is 0 Å². The fraction of sp³-hybridized carbons (Fsp3) is 0.429. The van der Waals surface area contributed by atoms with Crippen LogP contribution in [0.25, 0.3) is 5.65 Å². The Balaban J connectivity index is 2.94. The molecule has 2 heterocycles. The minimum atomic E-state index is -0.201. The van der Waals surface area contributed by atoms with Crippen LogP contribution < -0.4 is 5.69 Å². The molecule has 0 amide bonds. The molecule has 0 spiro atoms. The van der Waals surface area contributed by atoms with Crippen molar-refractivity contribution >= 4 is 5.65 Å². The number of hydrogen-bond donors (Lipinski definition) is 0. The second kappa shape index (κ2) is 2.65. The Kier molecular flexibility index (Phi) is 1.61. The Morgan fingerprint density at radius 1 is 1.54 bits per heavy atom. The molecule has 6 nitrogen and oxygen atoms in total. The molecule has 0 atom stereocenters. The predicted molar refractivity (Wildman–Crippen MR) is 45.5 cm³/mol. The molecule has 0 fully saturated rings. The zero-order valence-corrected chi connectivity index (χ0v) is 7.43. The molecule has 0 aromatic carbocycles. The zero-order valence-electron chi connectivity index (χ0n) is 7.43. The van der Waals surface area contributed by atoms with Gasteiger partial charge >= 0.3 is 5.69 Å². The number of nitrogens with zero attached hydrogens (tertiary/aromatic N) is 5. The van der Waals surface area contributed by atoms with Crippen molar-refractivity contribution in [3.8, 4) is 0 Å². The molecule has 2 aromatic heterocycles. The van der Waals surface area contributed by atoms with Crippen molar-refractivity contribution in [3.63, 3.8) is 0 Å². The van der Waals surface area contributed by atoms with Crippen LogP contribution in [0.5, 0.6) is 0 Å². The molecule has 0 aliphatic carbocycles. The average molecular weight is 179 g/mol. The third-order valence-corrected chi connectivity index (χ3v) is 1.94. The summed E-state index contributed by atoms with van der Waals surface area (Å²) in [6.07, 6.45) is 1.76. The van der Waals surface area contributed by atoms with E-state index in [1.165, 1.54) is 4.52 Å². The van der Waals surface area contributed by atoms with Gasteiger partial charge in [0.15, 0.2) is 5.65 Å². The highest BCUT2D eigenvalue weighted by atomic mass is 16.2. The first kappa shape index (κ1) is 7.90. The highest BCUT2D eigenvalue weighted by Gasteiger charge is 2.06. The Labute approximate surface area is 73.8 Å². The number of aryl methyl sites for hydroxylation is 2. The summed E-state index contributed by atoms with van der Waals surface area (Å²) in [5.74, 6) is 0. The van der Waals surface area contributed by atoms with Gasteiger partial charge in [-0.2, -0.15) is 0 Å². The summed E-state index contributed by atoms with van der Waals surface area (Å²) < 4.78 is 2.78. The van der Waals surface area contributed by atoms with E-state index in [0.29, 0.717) is 12.2 Å². The van der Waals surface area contributed by atoms with Gasteiger partial charge in [0.05, 0.1) is 0 Å². The van der Waals surface area contributed by atoms with Crippen LogP contribution in [0.4, 0.5) is 0 Å². The predicted octanol–water partition coefficient (Wildman–Crippen LogP) is -0.386. The largest absolute Gasteiger partial charge is 0.352 e. The molecule has 0 aliphatic rings. The first-order chi connectivity index (χ1) is 6.24. The SMILES string of the molecule is CCn1cc(C)c2nnnn2c1=O. The van der Waals surface area contributed by atoms with Gasteiger partial charge in [-0.1, -0.05) is 0 Å². The molecule has 0 unspecified atom stereocenters. The fourth-order valence-corrected chi connectivity index (χ4v) is 1.26. The Morgan fingerprint density at radius 2 is 2.31 bits per heavy atom. The number of rotatable bonds is 1. The van der Waals surface area contributed by atoms with Crippen LogP contribution in [0.1, 0.15) is 12.5 Å². The van der Waals surface area contributed by atoms with Crippen molar-refractivity contribution in [3.05, 3.63) is 22.2 Å². The lowest BCUT2D eigenvalue weighted by molar-refractivity contribution is 0.649. The molecule has 2 rings (SSSR count). The van der Waals surface area contributed by atoms with Gasteiger partial charge in [-0.05, 0) is 24.3 Å². The standard InChI is InChI=1S/C7H9N5O/c1-3-11-4-5(2)6-8-9-10-12(6)7(11)13/h4H,3H2,1-2H3. The summed E-state index contributed by atoms with van der Waals surface area (Å²) in [4.78, 5) is 11.6. The number of aromatic nitrogens is 5. The molecule has 6 heteroatoms. The third kappa shape index (κ3) is 1.02. The maximum absolute atomic E-state index is 11.6. The van der Waals surface area contributed by atoms with E-state index < -0.39 is 0 Å². The van der Waals surface area contributed by atoms with E-state index in [1.54, 1.807) is 10.8 Å². The van der Waals surface area contributed by atoms with E-state index in [0.717, 1.165) is 5.56 Å². The minimum Gasteiger partial charge on any atom is -0.299 e. The number of hydrogen-bond acceptors (Lipinski definition) is 4.